The molecule has 0 spiro atoms. The molecule has 88 valence electrons. The molecule has 0 amide bonds. The summed E-state index contributed by atoms with van der Waals surface area (Å²) in [7, 11) is 0. The van der Waals surface area contributed by atoms with E-state index in [0.717, 1.165) is 31.8 Å². The quantitative estimate of drug-likeness (QED) is 0.777. The molecule has 0 aromatic carbocycles. The van der Waals surface area contributed by atoms with Crippen LogP contribution in [0.3, 0.4) is 0 Å². The number of nitrogens with zero attached hydrogens (tertiary/aromatic N) is 1. The Morgan fingerprint density at radius 2 is 2.06 bits per heavy atom. The lowest BCUT2D eigenvalue weighted by Gasteiger charge is -2.35. The van der Waals surface area contributed by atoms with Gasteiger partial charge < -0.3 is 14.4 Å². The molecule has 4 nitrogen and oxygen atoms in total. The summed E-state index contributed by atoms with van der Waals surface area (Å²) in [5, 5.41) is 9.82. The van der Waals surface area contributed by atoms with Gasteiger partial charge in [0.05, 0.1) is 5.60 Å². The summed E-state index contributed by atoms with van der Waals surface area (Å²) in [6.45, 7) is 4.87. The molecule has 0 bridgehead atoms. The molecule has 2 heterocycles. The first-order valence-corrected chi connectivity index (χ1v) is 5.56. The van der Waals surface area contributed by atoms with E-state index in [4.69, 9.17) is 4.42 Å². The number of hydrogen-bond donors (Lipinski definition) is 1. The molecule has 1 N–H and O–H groups in total. The minimum absolute atomic E-state index is 0.0599. The molecule has 2 rings (SSSR count). The first kappa shape index (κ1) is 11.2. The third-order valence-corrected chi connectivity index (χ3v) is 3.09. The van der Waals surface area contributed by atoms with E-state index in [1.807, 2.05) is 13.0 Å². The summed E-state index contributed by atoms with van der Waals surface area (Å²) < 4.78 is 5.45. The van der Waals surface area contributed by atoms with Gasteiger partial charge in [-0.15, -0.1) is 0 Å². The number of Topliss-reactive ketones (excluding diaryl/α,β-unsaturated/α-hetero) is 1. The average Bonchev–Trinajstić information content (AvgIpc) is 2.66. The number of aliphatic hydroxyl groups is 1. The van der Waals surface area contributed by atoms with Crippen LogP contribution in [0, 0.1) is 0 Å². The van der Waals surface area contributed by atoms with E-state index in [-0.39, 0.29) is 5.78 Å². The summed E-state index contributed by atoms with van der Waals surface area (Å²) in [5.74, 6) is 1.06. The molecule has 1 aliphatic heterocycles. The van der Waals surface area contributed by atoms with Crippen LogP contribution in [0.1, 0.15) is 37.2 Å². The van der Waals surface area contributed by atoms with Crippen LogP contribution in [0.15, 0.2) is 16.5 Å². The van der Waals surface area contributed by atoms with Gasteiger partial charge in [-0.05, 0) is 25.8 Å². The van der Waals surface area contributed by atoms with E-state index in [1.54, 1.807) is 6.07 Å². The van der Waals surface area contributed by atoms with E-state index < -0.39 is 5.60 Å². The van der Waals surface area contributed by atoms with Crippen LogP contribution in [0.4, 0.5) is 5.88 Å². The van der Waals surface area contributed by atoms with Crippen molar-refractivity contribution in [3.05, 3.63) is 17.9 Å². The fourth-order valence-electron chi connectivity index (χ4n) is 1.90. The molecule has 0 radical (unpaired) electrons. The number of rotatable bonds is 2. The highest BCUT2D eigenvalue weighted by molar-refractivity contribution is 5.91. The van der Waals surface area contributed by atoms with Gasteiger partial charge in [0.25, 0.3) is 0 Å². The standard InChI is InChI=1S/C12H17NO3/c1-9(14)10-3-4-11(16-10)13-7-5-12(2,15)6-8-13/h3-4,15H,5-8H2,1-2H3. The monoisotopic (exact) mass is 223 g/mol. The Balaban J connectivity index is 2.05. The number of piperidine rings is 1. The molecule has 1 aliphatic rings. The van der Waals surface area contributed by atoms with Gasteiger partial charge in [0.1, 0.15) is 0 Å². The highest BCUT2D eigenvalue weighted by Crippen LogP contribution is 2.27. The smallest absolute Gasteiger partial charge is 0.196 e. The SMILES string of the molecule is CC(=O)c1ccc(N2CCC(C)(O)CC2)o1. The molecular weight excluding hydrogens is 206 g/mol. The van der Waals surface area contributed by atoms with Crippen LogP contribution in [0.5, 0.6) is 0 Å². The first-order valence-electron chi connectivity index (χ1n) is 5.56. The lowest BCUT2D eigenvalue weighted by atomic mass is 9.94. The highest BCUT2D eigenvalue weighted by Gasteiger charge is 2.28. The fourth-order valence-corrected chi connectivity index (χ4v) is 1.90. The van der Waals surface area contributed by atoms with Crippen LogP contribution in [-0.2, 0) is 0 Å². The van der Waals surface area contributed by atoms with Crippen molar-refractivity contribution in [2.24, 2.45) is 0 Å². The molecule has 0 atom stereocenters. The van der Waals surface area contributed by atoms with Crippen LogP contribution >= 0.6 is 0 Å². The Bertz CT molecular complexity index is 385. The van der Waals surface area contributed by atoms with E-state index in [1.165, 1.54) is 6.92 Å². The highest BCUT2D eigenvalue weighted by atomic mass is 16.4. The number of furan rings is 1. The molecule has 1 fully saturated rings. The van der Waals surface area contributed by atoms with Gasteiger partial charge in [-0.1, -0.05) is 0 Å². The van der Waals surface area contributed by atoms with Crippen LogP contribution in [-0.4, -0.2) is 29.6 Å². The lowest BCUT2D eigenvalue weighted by Crippen LogP contribution is -2.42. The predicted molar refractivity (Wildman–Crippen MR) is 60.8 cm³/mol. The Labute approximate surface area is 94.9 Å². The van der Waals surface area contributed by atoms with Gasteiger partial charge in [0.2, 0.25) is 0 Å². The van der Waals surface area contributed by atoms with Crippen molar-refractivity contribution in [2.75, 3.05) is 18.0 Å². The van der Waals surface area contributed by atoms with Crippen molar-refractivity contribution in [3.8, 4) is 0 Å². The number of carbonyl (C=O) groups excluding carboxylic acids is 1. The van der Waals surface area contributed by atoms with E-state index in [9.17, 15) is 9.90 Å². The molecular formula is C12H17NO3. The number of carbonyl (C=O) groups is 1. The second-order valence-electron chi connectivity index (χ2n) is 4.68. The first-order chi connectivity index (χ1) is 7.48. The van der Waals surface area contributed by atoms with Gasteiger partial charge in [-0.3, -0.25) is 4.79 Å². The molecule has 1 aromatic heterocycles. The molecule has 0 unspecified atom stereocenters. The van der Waals surface area contributed by atoms with Crippen molar-refractivity contribution >= 4 is 11.7 Å². The van der Waals surface area contributed by atoms with E-state index >= 15 is 0 Å². The maximum absolute atomic E-state index is 11.1. The molecule has 1 aromatic rings. The van der Waals surface area contributed by atoms with Crippen molar-refractivity contribution in [3.63, 3.8) is 0 Å². The Morgan fingerprint density at radius 1 is 1.44 bits per heavy atom. The van der Waals surface area contributed by atoms with Crippen LogP contribution in [0.2, 0.25) is 0 Å². The minimum atomic E-state index is -0.563. The van der Waals surface area contributed by atoms with Gasteiger partial charge in [-0.25, -0.2) is 0 Å². The van der Waals surface area contributed by atoms with Gasteiger partial charge in [0, 0.05) is 26.1 Å². The zero-order chi connectivity index (χ0) is 11.8. The van der Waals surface area contributed by atoms with Crippen molar-refractivity contribution in [1.29, 1.82) is 0 Å². The molecule has 4 heteroatoms. The molecule has 0 aliphatic carbocycles. The fraction of sp³-hybridized carbons (Fsp3) is 0.583. The number of ketones is 1. The summed E-state index contributed by atoms with van der Waals surface area (Å²) >= 11 is 0. The average molecular weight is 223 g/mol. The predicted octanol–water partition coefficient (Wildman–Crippen LogP) is 1.83. The van der Waals surface area contributed by atoms with Gasteiger partial charge in [-0.2, -0.15) is 0 Å². The summed E-state index contributed by atoms with van der Waals surface area (Å²) in [4.78, 5) is 13.2. The molecule has 0 saturated carbocycles. The van der Waals surface area contributed by atoms with Gasteiger partial charge >= 0.3 is 0 Å². The van der Waals surface area contributed by atoms with Crippen LogP contribution < -0.4 is 4.90 Å². The lowest BCUT2D eigenvalue weighted by molar-refractivity contribution is 0.0344. The summed E-state index contributed by atoms with van der Waals surface area (Å²) in [6, 6.07) is 3.52. The molecule has 1 saturated heterocycles. The minimum Gasteiger partial charge on any atom is -0.437 e. The van der Waals surface area contributed by atoms with Crippen molar-refractivity contribution in [1.82, 2.24) is 0 Å². The van der Waals surface area contributed by atoms with Crippen molar-refractivity contribution < 1.29 is 14.3 Å². The van der Waals surface area contributed by atoms with Gasteiger partial charge in [0.15, 0.2) is 17.4 Å². The number of hydrogen-bond acceptors (Lipinski definition) is 4. The Kier molecular flexibility index (Phi) is 2.76. The maximum Gasteiger partial charge on any atom is 0.196 e. The summed E-state index contributed by atoms with van der Waals surface area (Å²) in [6.07, 6.45) is 1.45. The van der Waals surface area contributed by atoms with Crippen LogP contribution in [0.25, 0.3) is 0 Å². The zero-order valence-corrected chi connectivity index (χ0v) is 9.69. The van der Waals surface area contributed by atoms with E-state index in [0.29, 0.717) is 5.76 Å². The van der Waals surface area contributed by atoms with Crippen molar-refractivity contribution in [2.45, 2.75) is 32.3 Å². The third kappa shape index (κ3) is 2.27. The normalized spacial score (nSPS) is 19.8. The topological polar surface area (TPSA) is 53.7 Å². The number of anilines is 1. The van der Waals surface area contributed by atoms with E-state index in [2.05, 4.69) is 4.90 Å². The largest absolute Gasteiger partial charge is 0.437 e. The second kappa shape index (κ2) is 3.94. The third-order valence-electron chi connectivity index (χ3n) is 3.09. The summed E-state index contributed by atoms with van der Waals surface area (Å²) in [5.41, 5.74) is -0.563. The maximum atomic E-state index is 11.1. The Morgan fingerprint density at radius 3 is 2.56 bits per heavy atom. The molecule has 16 heavy (non-hydrogen) atoms. The second-order valence-corrected chi connectivity index (χ2v) is 4.68. The Hall–Kier alpha value is -1.29. The zero-order valence-electron chi connectivity index (χ0n) is 9.69.